The van der Waals surface area contributed by atoms with Crippen LogP contribution in [0.5, 0.6) is 0 Å². The van der Waals surface area contributed by atoms with Gasteiger partial charge >= 0.3 is 0 Å². The Balaban J connectivity index is 2.07. The Hall–Kier alpha value is -1.88. The van der Waals surface area contributed by atoms with E-state index in [0.717, 1.165) is 30.9 Å². The summed E-state index contributed by atoms with van der Waals surface area (Å²) in [5.41, 5.74) is 0.879. The summed E-state index contributed by atoms with van der Waals surface area (Å²) in [5.74, 6) is 1.29. The van der Waals surface area contributed by atoms with Crippen LogP contribution in [0.4, 0.5) is 17.5 Å². The predicted octanol–water partition coefficient (Wildman–Crippen LogP) is 3.50. The Morgan fingerprint density at radius 2 is 2.00 bits per heavy atom. The van der Waals surface area contributed by atoms with Gasteiger partial charge in [-0.1, -0.05) is 24.9 Å². The molecule has 0 saturated carbocycles. The molecule has 0 aliphatic rings. The minimum atomic E-state index is 0.480. The van der Waals surface area contributed by atoms with Crippen LogP contribution in [-0.4, -0.2) is 28.8 Å². The van der Waals surface area contributed by atoms with E-state index in [9.17, 15) is 0 Å². The minimum absolute atomic E-state index is 0.480. The summed E-state index contributed by atoms with van der Waals surface area (Å²) in [5, 5.41) is 11.8. The number of nitrogens with one attached hydrogen (secondary N) is 1. The molecule has 0 amide bonds. The number of rotatable bonds is 6. The summed E-state index contributed by atoms with van der Waals surface area (Å²) in [7, 11) is 2.01. The molecule has 2 rings (SSSR count). The lowest BCUT2D eigenvalue weighted by atomic mass is 10.3. The Kier molecular flexibility index (Phi) is 5.12. The largest absolute Gasteiger partial charge is 0.358 e. The van der Waals surface area contributed by atoms with Gasteiger partial charge in [0, 0.05) is 24.3 Å². The van der Waals surface area contributed by atoms with Crippen LogP contribution < -0.4 is 10.2 Å². The first kappa shape index (κ1) is 14.5. The smallest absolute Gasteiger partial charge is 0.249 e. The van der Waals surface area contributed by atoms with Crippen LogP contribution in [0.2, 0.25) is 5.02 Å². The third-order valence-corrected chi connectivity index (χ3v) is 3.14. The van der Waals surface area contributed by atoms with Crippen molar-refractivity contribution in [3.63, 3.8) is 0 Å². The van der Waals surface area contributed by atoms with Crippen molar-refractivity contribution in [3.8, 4) is 0 Å². The van der Waals surface area contributed by atoms with Crippen LogP contribution in [0.1, 0.15) is 19.8 Å². The monoisotopic (exact) mass is 291 g/mol. The maximum absolute atomic E-state index is 5.85. The molecule has 1 aromatic carbocycles. The summed E-state index contributed by atoms with van der Waals surface area (Å²) >= 11 is 5.85. The molecule has 106 valence electrons. The van der Waals surface area contributed by atoms with Crippen LogP contribution in [0, 0.1) is 0 Å². The third-order valence-electron chi connectivity index (χ3n) is 2.88. The van der Waals surface area contributed by atoms with Crippen molar-refractivity contribution in [3.05, 3.63) is 35.5 Å². The van der Waals surface area contributed by atoms with Crippen LogP contribution >= 0.6 is 11.6 Å². The minimum Gasteiger partial charge on any atom is -0.358 e. The Morgan fingerprint density at radius 3 is 2.70 bits per heavy atom. The molecule has 2 aromatic rings. The summed E-state index contributed by atoms with van der Waals surface area (Å²) in [6.07, 6.45) is 3.95. The average molecular weight is 292 g/mol. The Morgan fingerprint density at radius 1 is 1.25 bits per heavy atom. The van der Waals surface area contributed by atoms with E-state index in [1.54, 1.807) is 6.20 Å². The van der Waals surface area contributed by atoms with Gasteiger partial charge in [-0.15, -0.1) is 5.10 Å². The first-order valence-corrected chi connectivity index (χ1v) is 7.00. The van der Waals surface area contributed by atoms with Gasteiger partial charge in [-0.25, -0.2) is 0 Å². The second-order valence-electron chi connectivity index (χ2n) is 4.55. The molecule has 0 bridgehead atoms. The van der Waals surface area contributed by atoms with E-state index in [1.165, 1.54) is 0 Å². The number of nitrogens with zero attached hydrogens (tertiary/aromatic N) is 4. The zero-order valence-electron chi connectivity index (χ0n) is 11.7. The lowest BCUT2D eigenvalue weighted by molar-refractivity contribution is 0.754. The molecule has 0 fully saturated rings. The molecule has 1 N–H and O–H groups in total. The number of hydrogen-bond donors (Lipinski definition) is 1. The van der Waals surface area contributed by atoms with Crippen LogP contribution in [0.3, 0.4) is 0 Å². The maximum atomic E-state index is 5.85. The summed E-state index contributed by atoms with van der Waals surface area (Å²) < 4.78 is 0. The van der Waals surface area contributed by atoms with E-state index < -0.39 is 0 Å². The molecule has 0 unspecified atom stereocenters. The lowest BCUT2D eigenvalue weighted by Gasteiger charge is -2.17. The fourth-order valence-electron chi connectivity index (χ4n) is 1.70. The number of anilines is 3. The van der Waals surface area contributed by atoms with Gasteiger partial charge in [0.2, 0.25) is 5.95 Å². The second-order valence-corrected chi connectivity index (χ2v) is 4.98. The molecule has 0 aliphatic heterocycles. The highest BCUT2D eigenvalue weighted by molar-refractivity contribution is 6.30. The van der Waals surface area contributed by atoms with Crippen molar-refractivity contribution < 1.29 is 0 Å². The molecule has 0 atom stereocenters. The van der Waals surface area contributed by atoms with E-state index in [-0.39, 0.29) is 0 Å². The van der Waals surface area contributed by atoms with Gasteiger partial charge in [0.1, 0.15) is 0 Å². The Labute approximate surface area is 124 Å². The van der Waals surface area contributed by atoms with Crippen molar-refractivity contribution >= 4 is 29.1 Å². The van der Waals surface area contributed by atoms with Gasteiger partial charge in [-0.05, 0) is 30.7 Å². The SMILES string of the molecule is CCCCN(C)c1cnnc(Nc2ccc(Cl)cc2)n1. The quantitative estimate of drug-likeness (QED) is 0.883. The molecular formula is C14H18ClN5. The van der Waals surface area contributed by atoms with Gasteiger partial charge in [0.15, 0.2) is 5.82 Å². The number of halogens is 1. The van der Waals surface area contributed by atoms with Gasteiger partial charge in [0.05, 0.1) is 6.20 Å². The van der Waals surface area contributed by atoms with Crippen molar-refractivity contribution in [2.75, 3.05) is 23.8 Å². The van der Waals surface area contributed by atoms with Crippen molar-refractivity contribution in [2.24, 2.45) is 0 Å². The summed E-state index contributed by atoms with van der Waals surface area (Å²) in [6, 6.07) is 7.38. The molecule has 0 spiro atoms. The van der Waals surface area contributed by atoms with E-state index in [4.69, 9.17) is 11.6 Å². The molecule has 0 saturated heterocycles. The summed E-state index contributed by atoms with van der Waals surface area (Å²) in [6.45, 7) is 3.12. The van der Waals surface area contributed by atoms with Crippen LogP contribution in [0.15, 0.2) is 30.5 Å². The first-order chi connectivity index (χ1) is 9.69. The second kappa shape index (κ2) is 7.05. The highest BCUT2D eigenvalue weighted by Crippen LogP contribution is 2.17. The fourth-order valence-corrected chi connectivity index (χ4v) is 1.83. The fraction of sp³-hybridized carbons (Fsp3) is 0.357. The van der Waals surface area contributed by atoms with Crippen molar-refractivity contribution in [1.29, 1.82) is 0 Å². The molecule has 1 heterocycles. The predicted molar refractivity (Wildman–Crippen MR) is 82.7 cm³/mol. The number of hydrogen-bond acceptors (Lipinski definition) is 5. The standard InChI is InChI=1S/C14H18ClN5/c1-3-4-9-20(2)13-10-16-19-14(18-13)17-12-7-5-11(15)6-8-12/h5-8,10H,3-4,9H2,1-2H3,(H,17,18,19). The van der Waals surface area contributed by atoms with E-state index in [1.807, 2.05) is 31.3 Å². The van der Waals surface area contributed by atoms with Crippen LogP contribution in [-0.2, 0) is 0 Å². The summed E-state index contributed by atoms with van der Waals surface area (Å²) in [4.78, 5) is 6.53. The van der Waals surface area contributed by atoms with E-state index in [0.29, 0.717) is 11.0 Å². The topological polar surface area (TPSA) is 53.9 Å². The molecule has 0 radical (unpaired) electrons. The van der Waals surface area contributed by atoms with Gasteiger partial charge in [0.25, 0.3) is 0 Å². The normalized spacial score (nSPS) is 10.3. The van der Waals surface area contributed by atoms with Gasteiger partial charge < -0.3 is 10.2 Å². The van der Waals surface area contributed by atoms with Gasteiger partial charge in [-0.2, -0.15) is 10.1 Å². The van der Waals surface area contributed by atoms with E-state index >= 15 is 0 Å². The van der Waals surface area contributed by atoms with E-state index in [2.05, 4.69) is 32.3 Å². The lowest BCUT2D eigenvalue weighted by Crippen LogP contribution is -2.20. The molecule has 5 nitrogen and oxygen atoms in total. The van der Waals surface area contributed by atoms with Crippen LogP contribution in [0.25, 0.3) is 0 Å². The first-order valence-electron chi connectivity index (χ1n) is 6.62. The highest BCUT2D eigenvalue weighted by Gasteiger charge is 2.05. The molecule has 0 aliphatic carbocycles. The van der Waals surface area contributed by atoms with Gasteiger partial charge in [-0.3, -0.25) is 0 Å². The Bertz CT molecular complexity index is 544. The average Bonchev–Trinajstić information content (AvgIpc) is 2.47. The number of unbranched alkanes of at least 4 members (excludes halogenated alkanes) is 1. The third kappa shape index (κ3) is 4.06. The molecule has 20 heavy (non-hydrogen) atoms. The number of aromatic nitrogens is 3. The molecule has 1 aromatic heterocycles. The maximum Gasteiger partial charge on any atom is 0.249 e. The van der Waals surface area contributed by atoms with Crippen molar-refractivity contribution in [2.45, 2.75) is 19.8 Å². The molecular weight excluding hydrogens is 274 g/mol. The van der Waals surface area contributed by atoms with Crippen molar-refractivity contribution in [1.82, 2.24) is 15.2 Å². The molecule has 6 heteroatoms. The zero-order chi connectivity index (χ0) is 14.4. The zero-order valence-corrected chi connectivity index (χ0v) is 12.4. The highest BCUT2D eigenvalue weighted by atomic mass is 35.5. The number of benzene rings is 1.